The van der Waals surface area contributed by atoms with Gasteiger partial charge in [0.15, 0.2) is 0 Å². The second-order valence-corrected chi connectivity index (χ2v) is 6.33. The normalized spacial score (nSPS) is 16.3. The molecule has 0 aromatic heterocycles. The molecule has 0 radical (unpaired) electrons. The topological polar surface area (TPSA) is 18.8 Å². The molecule has 1 saturated heterocycles. The van der Waals surface area contributed by atoms with Gasteiger partial charge in [0.05, 0.1) is 0 Å². The Hall–Kier alpha value is -2.10. The Kier molecular flexibility index (Phi) is 6.05. The molecule has 0 N–H and O–H groups in total. The molecule has 1 aliphatic rings. The van der Waals surface area contributed by atoms with Gasteiger partial charge in [-0.25, -0.2) is 0 Å². The SMILES string of the molecule is Clc1ccc(CN2CCN(N=CC=Cc3ccccc3)CC2)cc1. The molecule has 1 aliphatic heterocycles. The standard InChI is InChI=1S/C20H22ClN3/c21-20-10-8-19(9-11-20)17-23-13-15-24(16-14-23)22-12-4-7-18-5-2-1-3-6-18/h1-12H,13-17H2. The molecule has 0 atom stereocenters. The fourth-order valence-corrected chi connectivity index (χ4v) is 2.84. The average Bonchev–Trinajstić information content (AvgIpc) is 2.63. The van der Waals surface area contributed by atoms with Gasteiger partial charge in [-0.2, -0.15) is 5.10 Å². The Bertz CT molecular complexity index is 672. The van der Waals surface area contributed by atoms with Gasteiger partial charge in [-0.15, -0.1) is 0 Å². The van der Waals surface area contributed by atoms with E-state index in [4.69, 9.17) is 11.6 Å². The van der Waals surface area contributed by atoms with Crippen LogP contribution in [0.1, 0.15) is 11.1 Å². The first-order chi connectivity index (χ1) is 11.8. The molecule has 3 nitrogen and oxygen atoms in total. The molecule has 0 amide bonds. The van der Waals surface area contributed by atoms with Crippen LogP contribution in [0, 0.1) is 0 Å². The van der Waals surface area contributed by atoms with E-state index in [-0.39, 0.29) is 0 Å². The van der Waals surface area contributed by atoms with Gasteiger partial charge >= 0.3 is 0 Å². The summed E-state index contributed by atoms with van der Waals surface area (Å²) in [6.07, 6.45) is 5.94. The molecule has 1 fully saturated rings. The average molecular weight is 340 g/mol. The molecule has 4 heteroatoms. The number of halogens is 1. The zero-order valence-corrected chi connectivity index (χ0v) is 14.4. The van der Waals surface area contributed by atoms with Crippen LogP contribution in [0.15, 0.2) is 65.8 Å². The van der Waals surface area contributed by atoms with Crippen molar-refractivity contribution in [1.29, 1.82) is 0 Å². The number of benzene rings is 2. The molecule has 0 unspecified atom stereocenters. The Morgan fingerprint density at radius 2 is 1.62 bits per heavy atom. The number of piperazine rings is 1. The summed E-state index contributed by atoms with van der Waals surface area (Å²) in [5.74, 6) is 0. The van der Waals surface area contributed by atoms with Crippen molar-refractivity contribution in [3.05, 3.63) is 76.8 Å². The zero-order chi connectivity index (χ0) is 16.6. The highest BCUT2D eigenvalue weighted by Gasteiger charge is 2.15. The van der Waals surface area contributed by atoms with Gasteiger partial charge in [-0.3, -0.25) is 9.91 Å². The number of hydrazone groups is 1. The summed E-state index contributed by atoms with van der Waals surface area (Å²) in [4.78, 5) is 2.45. The minimum Gasteiger partial charge on any atom is -0.295 e. The lowest BCUT2D eigenvalue weighted by atomic mass is 10.2. The van der Waals surface area contributed by atoms with E-state index in [0.717, 1.165) is 37.7 Å². The Morgan fingerprint density at radius 1 is 0.917 bits per heavy atom. The molecule has 24 heavy (non-hydrogen) atoms. The van der Waals surface area contributed by atoms with E-state index in [9.17, 15) is 0 Å². The molecule has 2 aromatic carbocycles. The molecule has 124 valence electrons. The molecule has 0 spiro atoms. The minimum absolute atomic E-state index is 0.793. The molecule has 3 rings (SSSR count). The molecule has 1 heterocycles. The van der Waals surface area contributed by atoms with E-state index in [2.05, 4.69) is 45.4 Å². The van der Waals surface area contributed by atoms with Crippen molar-refractivity contribution in [2.45, 2.75) is 6.54 Å². The van der Waals surface area contributed by atoms with Crippen molar-refractivity contribution in [2.24, 2.45) is 5.10 Å². The first kappa shape index (κ1) is 16.7. The first-order valence-corrected chi connectivity index (χ1v) is 8.65. The number of nitrogens with zero attached hydrogens (tertiary/aromatic N) is 3. The highest BCUT2D eigenvalue weighted by Crippen LogP contribution is 2.13. The van der Waals surface area contributed by atoms with Gasteiger partial charge in [0.1, 0.15) is 0 Å². The van der Waals surface area contributed by atoms with Gasteiger partial charge < -0.3 is 0 Å². The van der Waals surface area contributed by atoms with Crippen LogP contribution in [-0.4, -0.2) is 42.3 Å². The van der Waals surface area contributed by atoms with Crippen molar-refractivity contribution in [3.8, 4) is 0 Å². The van der Waals surface area contributed by atoms with E-state index in [1.165, 1.54) is 11.1 Å². The molecule has 2 aromatic rings. The van der Waals surface area contributed by atoms with Gasteiger partial charge in [-0.05, 0) is 29.3 Å². The van der Waals surface area contributed by atoms with Gasteiger partial charge in [0.2, 0.25) is 0 Å². The summed E-state index contributed by atoms with van der Waals surface area (Å²) in [6.45, 7) is 4.96. The molecule has 0 aliphatic carbocycles. The maximum atomic E-state index is 5.93. The second kappa shape index (κ2) is 8.67. The van der Waals surface area contributed by atoms with Gasteiger partial charge in [0, 0.05) is 44.0 Å². The van der Waals surface area contributed by atoms with E-state index in [1.54, 1.807) is 0 Å². The van der Waals surface area contributed by atoms with E-state index >= 15 is 0 Å². The summed E-state index contributed by atoms with van der Waals surface area (Å²) in [5, 5.41) is 7.45. The summed E-state index contributed by atoms with van der Waals surface area (Å²) in [5.41, 5.74) is 2.50. The number of allylic oxidation sites excluding steroid dienone is 1. The predicted molar refractivity (Wildman–Crippen MR) is 102 cm³/mol. The van der Waals surface area contributed by atoms with Crippen LogP contribution in [-0.2, 0) is 6.54 Å². The third kappa shape index (κ3) is 5.22. The first-order valence-electron chi connectivity index (χ1n) is 8.27. The van der Waals surface area contributed by atoms with Crippen molar-refractivity contribution in [1.82, 2.24) is 9.91 Å². The van der Waals surface area contributed by atoms with Crippen LogP contribution < -0.4 is 0 Å². The van der Waals surface area contributed by atoms with Gasteiger partial charge in [-0.1, -0.05) is 60.1 Å². The molecular weight excluding hydrogens is 318 g/mol. The maximum absolute atomic E-state index is 5.93. The number of hydrogen-bond acceptors (Lipinski definition) is 3. The lowest BCUT2D eigenvalue weighted by Crippen LogP contribution is -2.43. The monoisotopic (exact) mass is 339 g/mol. The molecular formula is C20H22ClN3. The fraction of sp³-hybridized carbons (Fsp3) is 0.250. The lowest BCUT2D eigenvalue weighted by molar-refractivity contribution is 0.131. The van der Waals surface area contributed by atoms with Crippen LogP contribution in [0.25, 0.3) is 6.08 Å². The Morgan fingerprint density at radius 3 is 2.33 bits per heavy atom. The quantitative estimate of drug-likeness (QED) is 0.762. The summed E-state index contributed by atoms with van der Waals surface area (Å²) < 4.78 is 0. The maximum Gasteiger partial charge on any atom is 0.0488 e. The highest BCUT2D eigenvalue weighted by molar-refractivity contribution is 6.30. The third-order valence-electron chi connectivity index (χ3n) is 4.07. The third-order valence-corrected chi connectivity index (χ3v) is 4.32. The fourth-order valence-electron chi connectivity index (χ4n) is 2.71. The van der Waals surface area contributed by atoms with Crippen LogP contribution in [0.2, 0.25) is 5.02 Å². The zero-order valence-electron chi connectivity index (χ0n) is 13.7. The second-order valence-electron chi connectivity index (χ2n) is 5.89. The van der Waals surface area contributed by atoms with E-state index in [1.807, 2.05) is 42.6 Å². The van der Waals surface area contributed by atoms with Crippen molar-refractivity contribution < 1.29 is 0 Å². The van der Waals surface area contributed by atoms with E-state index < -0.39 is 0 Å². The van der Waals surface area contributed by atoms with E-state index in [0.29, 0.717) is 0 Å². The van der Waals surface area contributed by atoms with Crippen molar-refractivity contribution >= 4 is 23.9 Å². The van der Waals surface area contributed by atoms with Crippen molar-refractivity contribution in [3.63, 3.8) is 0 Å². The lowest BCUT2D eigenvalue weighted by Gasteiger charge is -2.32. The summed E-state index contributed by atoms with van der Waals surface area (Å²) in [7, 11) is 0. The molecule has 0 bridgehead atoms. The largest absolute Gasteiger partial charge is 0.295 e. The van der Waals surface area contributed by atoms with Crippen LogP contribution in [0.4, 0.5) is 0 Å². The van der Waals surface area contributed by atoms with Crippen LogP contribution in [0.5, 0.6) is 0 Å². The van der Waals surface area contributed by atoms with Gasteiger partial charge in [0.25, 0.3) is 0 Å². The van der Waals surface area contributed by atoms with Crippen molar-refractivity contribution in [2.75, 3.05) is 26.2 Å². The Labute approximate surface area is 148 Å². The number of hydrogen-bond donors (Lipinski definition) is 0. The van der Waals surface area contributed by atoms with Crippen LogP contribution >= 0.6 is 11.6 Å². The summed E-state index contributed by atoms with van der Waals surface area (Å²) >= 11 is 5.93. The number of rotatable bonds is 5. The molecule has 0 saturated carbocycles. The highest BCUT2D eigenvalue weighted by atomic mass is 35.5. The minimum atomic E-state index is 0.793. The Balaban J connectivity index is 1.42. The smallest absolute Gasteiger partial charge is 0.0488 e. The van der Waals surface area contributed by atoms with Crippen LogP contribution in [0.3, 0.4) is 0 Å². The predicted octanol–water partition coefficient (Wildman–Crippen LogP) is 4.16. The summed E-state index contributed by atoms with van der Waals surface area (Å²) in [6, 6.07) is 18.4.